The Morgan fingerprint density at radius 3 is 2.68 bits per heavy atom. The van der Waals surface area contributed by atoms with Crippen molar-refractivity contribution in [3.05, 3.63) is 57.6 Å². The number of carbonyl (C=O) groups excluding carboxylic acids is 2. The van der Waals surface area contributed by atoms with Crippen LogP contribution in [0.25, 0.3) is 0 Å². The second kappa shape index (κ2) is 13.6. The molecule has 242 valence electrons. The minimum Gasteiger partial charge on any atom is -0.465 e. The molecule has 1 amide bonds. The van der Waals surface area contributed by atoms with Gasteiger partial charge in [0.25, 0.3) is 0 Å². The molecule has 15 nitrogen and oxygen atoms in total. The van der Waals surface area contributed by atoms with Gasteiger partial charge in [-0.05, 0) is 30.7 Å². The molecule has 1 aromatic heterocycles. The van der Waals surface area contributed by atoms with Gasteiger partial charge in [-0.25, -0.2) is 14.2 Å². The highest BCUT2D eigenvalue weighted by molar-refractivity contribution is 7.48. The van der Waals surface area contributed by atoms with Gasteiger partial charge in [0.2, 0.25) is 0 Å². The molecule has 3 heterocycles. The molecule has 0 aliphatic carbocycles. The predicted octanol–water partition coefficient (Wildman–Crippen LogP) is 3.35. The molecule has 2 aliphatic rings. The van der Waals surface area contributed by atoms with Gasteiger partial charge < -0.3 is 24.4 Å². The summed E-state index contributed by atoms with van der Waals surface area (Å²) in [5.41, 5.74) is -2.90. The van der Waals surface area contributed by atoms with Crippen molar-refractivity contribution in [3.63, 3.8) is 0 Å². The number of aliphatic hydroxyl groups is 2. The largest absolute Gasteiger partial charge is 0.475 e. The number of hydrogen-bond acceptors (Lipinski definition) is 13. The van der Waals surface area contributed by atoms with Crippen LogP contribution in [0, 0.1) is 5.41 Å². The van der Waals surface area contributed by atoms with E-state index >= 15 is 0 Å². The van der Waals surface area contributed by atoms with Crippen molar-refractivity contribution < 1.29 is 52.1 Å². The van der Waals surface area contributed by atoms with Gasteiger partial charge in [-0.1, -0.05) is 37.6 Å². The second-order valence-corrected chi connectivity index (χ2v) is 13.4. The molecule has 4 rings (SSSR count). The Bertz CT molecular complexity index is 1470. The Hall–Kier alpha value is -2.88. The standard InChI is InChI=1S/C27H35ClN3O12P/c1-16(32)38-14-26(2,3)15-39-25(35)30-21-8-10-31(24(34)29-21)23-27(4,36)22(33)20(42-23)13-41-44(37)40-11-9-19(43-44)17-6-5-7-18(28)12-17/h5-8,10,12,19-20,22-23,33,36H,9,11,13-15H2,1-4H3,(H,29,30,34,35)/t19-,20+,22+,23+,27+,44?/m0/s1. The van der Waals surface area contributed by atoms with Gasteiger partial charge >= 0.3 is 25.6 Å². The number of phosphoric acid groups is 1. The number of phosphoric ester groups is 1. The Morgan fingerprint density at radius 1 is 1.27 bits per heavy atom. The van der Waals surface area contributed by atoms with Crippen LogP contribution in [0.4, 0.5) is 10.6 Å². The van der Waals surface area contributed by atoms with Crippen molar-refractivity contribution in [2.24, 2.45) is 5.41 Å². The maximum Gasteiger partial charge on any atom is 0.475 e. The summed E-state index contributed by atoms with van der Waals surface area (Å²) in [5, 5.41) is 24.7. The summed E-state index contributed by atoms with van der Waals surface area (Å²) >= 11 is 6.06. The number of hydrogen-bond donors (Lipinski definition) is 3. The van der Waals surface area contributed by atoms with Gasteiger partial charge in [-0.2, -0.15) is 4.98 Å². The molecule has 2 aromatic rings. The first kappa shape index (κ1) is 34.0. The molecule has 6 atom stereocenters. The molecular weight excluding hydrogens is 625 g/mol. The van der Waals surface area contributed by atoms with E-state index in [2.05, 4.69) is 10.3 Å². The van der Waals surface area contributed by atoms with Crippen molar-refractivity contribution in [1.29, 1.82) is 0 Å². The van der Waals surface area contributed by atoms with Gasteiger partial charge in [-0.15, -0.1) is 0 Å². The molecule has 0 bridgehead atoms. The highest BCUT2D eigenvalue weighted by Gasteiger charge is 2.54. The number of nitrogens with one attached hydrogen (secondary N) is 1. The first-order valence-electron chi connectivity index (χ1n) is 13.6. The van der Waals surface area contributed by atoms with Gasteiger partial charge in [-0.3, -0.25) is 28.2 Å². The van der Waals surface area contributed by atoms with E-state index in [1.54, 1.807) is 38.1 Å². The number of halogens is 1. The monoisotopic (exact) mass is 659 g/mol. The third-order valence-corrected chi connectivity index (χ3v) is 8.54. The lowest BCUT2D eigenvalue weighted by Gasteiger charge is -2.30. The molecule has 2 saturated heterocycles. The van der Waals surface area contributed by atoms with Gasteiger partial charge in [0, 0.05) is 30.0 Å². The zero-order valence-corrected chi connectivity index (χ0v) is 26.2. The summed E-state index contributed by atoms with van der Waals surface area (Å²) in [6.07, 6.45) is -4.16. The highest BCUT2D eigenvalue weighted by atomic mass is 35.5. The number of amides is 1. The minimum absolute atomic E-state index is 0.0320. The van der Waals surface area contributed by atoms with Gasteiger partial charge in [0.1, 0.15) is 30.2 Å². The van der Waals surface area contributed by atoms with Crippen molar-refractivity contribution in [2.45, 2.75) is 64.3 Å². The zero-order chi connectivity index (χ0) is 32.3. The van der Waals surface area contributed by atoms with Crippen LogP contribution in [0.15, 0.2) is 41.3 Å². The third kappa shape index (κ3) is 8.43. The van der Waals surface area contributed by atoms with E-state index < -0.39 is 67.7 Å². The van der Waals surface area contributed by atoms with E-state index in [0.29, 0.717) is 17.0 Å². The zero-order valence-electron chi connectivity index (χ0n) is 24.5. The molecule has 1 aromatic carbocycles. The van der Waals surface area contributed by atoms with E-state index in [0.717, 1.165) is 4.57 Å². The van der Waals surface area contributed by atoms with Crippen LogP contribution >= 0.6 is 19.4 Å². The SMILES string of the molecule is CC(=O)OCC(C)(C)COC(=O)Nc1ccn([C@@H]2O[C@H](COP3(=O)OCC[C@@H](c4cccc(Cl)c4)O3)[C@@H](O)[C@@]2(C)O)c(=O)n1. The van der Waals surface area contributed by atoms with E-state index in [-0.39, 0.29) is 25.6 Å². The molecule has 0 radical (unpaired) electrons. The first-order chi connectivity index (χ1) is 20.6. The molecular formula is C27H35ClN3O12P. The topological polar surface area (TPSA) is 194 Å². The number of nitrogens with zero attached hydrogens (tertiary/aromatic N) is 2. The van der Waals surface area contributed by atoms with Crippen molar-refractivity contribution in [1.82, 2.24) is 9.55 Å². The summed E-state index contributed by atoms with van der Waals surface area (Å²) in [4.78, 5) is 39.9. The van der Waals surface area contributed by atoms with Crippen LogP contribution in [0.1, 0.15) is 52.0 Å². The van der Waals surface area contributed by atoms with Crippen molar-refractivity contribution >= 4 is 37.3 Å². The summed E-state index contributed by atoms with van der Waals surface area (Å²) in [7, 11) is -4.09. The summed E-state index contributed by atoms with van der Waals surface area (Å²) < 4.78 is 46.3. The number of rotatable bonds is 10. The first-order valence-corrected chi connectivity index (χ1v) is 15.5. The Labute approximate surface area is 257 Å². The molecule has 2 fully saturated rings. The van der Waals surface area contributed by atoms with E-state index in [9.17, 15) is 29.2 Å². The molecule has 17 heteroatoms. The van der Waals surface area contributed by atoms with Gasteiger partial charge in [0.15, 0.2) is 6.23 Å². The fourth-order valence-corrected chi connectivity index (χ4v) is 6.05. The number of ether oxygens (including phenoxy) is 3. The number of anilines is 1. The smallest absolute Gasteiger partial charge is 0.465 e. The number of aliphatic hydroxyl groups excluding tert-OH is 1. The minimum atomic E-state index is -4.09. The molecule has 44 heavy (non-hydrogen) atoms. The van der Waals surface area contributed by atoms with Crippen molar-refractivity contribution in [3.8, 4) is 0 Å². The third-order valence-electron chi connectivity index (χ3n) is 6.83. The van der Waals surface area contributed by atoms with E-state index in [1.807, 2.05) is 0 Å². The van der Waals surface area contributed by atoms with E-state index in [1.165, 1.54) is 26.1 Å². The van der Waals surface area contributed by atoms with Crippen LogP contribution in [-0.4, -0.2) is 76.1 Å². The normalized spacial score (nSPS) is 28.8. The lowest BCUT2D eigenvalue weighted by molar-refractivity contribution is -0.144. The van der Waals surface area contributed by atoms with Gasteiger partial charge in [0.05, 0.1) is 25.9 Å². The average Bonchev–Trinajstić information content (AvgIpc) is 3.18. The van der Waals surface area contributed by atoms with E-state index in [4.69, 9.17) is 39.4 Å². The second-order valence-electron chi connectivity index (χ2n) is 11.4. The predicted molar refractivity (Wildman–Crippen MR) is 154 cm³/mol. The molecule has 2 aliphatic heterocycles. The fourth-order valence-electron chi connectivity index (χ4n) is 4.46. The Morgan fingerprint density at radius 2 is 2.00 bits per heavy atom. The lowest BCUT2D eigenvalue weighted by Crippen LogP contribution is -2.46. The molecule has 0 saturated carbocycles. The maximum atomic E-state index is 13.2. The molecule has 1 unspecified atom stereocenters. The van der Waals surface area contributed by atoms with Crippen LogP contribution < -0.4 is 11.0 Å². The number of benzene rings is 1. The number of aromatic nitrogens is 2. The van der Waals surface area contributed by atoms with Crippen LogP contribution in [0.2, 0.25) is 5.02 Å². The summed E-state index contributed by atoms with van der Waals surface area (Å²) in [6, 6.07) is 8.13. The molecule has 3 N–H and O–H groups in total. The fraction of sp³-hybridized carbons (Fsp3) is 0.556. The highest BCUT2D eigenvalue weighted by Crippen LogP contribution is 2.57. The van der Waals surface area contributed by atoms with Crippen molar-refractivity contribution in [2.75, 3.05) is 31.7 Å². The quantitative estimate of drug-likeness (QED) is 0.248. The number of carbonyl (C=O) groups is 2. The number of esters is 1. The average molecular weight is 660 g/mol. The molecule has 0 spiro atoms. The summed E-state index contributed by atoms with van der Waals surface area (Å²) in [5.74, 6) is -0.610. The maximum absolute atomic E-state index is 13.2. The summed E-state index contributed by atoms with van der Waals surface area (Å²) in [6.45, 7) is 5.49. The lowest BCUT2D eigenvalue weighted by atomic mass is 9.96. The Balaban J connectivity index is 1.36. The van der Waals surface area contributed by atoms with Crippen LogP contribution in [0.5, 0.6) is 0 Å². The van der Waals surface area contributed by atoms with Crippen LogP contribution in [0.3, 0.4) is 0 Å². The Kier molecular flexibility index (Phi) is 10.5. The van der Waals surface area contributed by atoms with Crippen LogP contribution in [-0.2, 0) is 37.1 Å².